The van der Waals surface area contributed by atoms with Gasteiger partial charge in [-0.15, -0.1) is 0 Å². The third-order valence-electron chi connectivity index (χ3n) is 5.05. The van der Waals surface area contributed by atoms with Gasteiger partial charge in [-0.25, -0.2) is 4.98 Å². The number of hydrogen-bond acceptors (Lipinski definition) is 4. The molecule has 0 radical (unpaired) electrons. The van der Waals surface area contributed by atoms with Crippen molar-refractivity contribution in [3.63, 3.8) is 0 Å². The zero-order valence-corrected chi connectivity index (χ0v) is 14.9. The van der Waals surface area contributed by atoms with E-state index in [2.05, 4.69) is 15.2 Å². The molecule has 0 atom stereocenters. The number of aromatic nitrogens is 3. The van der Waals surface area contributed by atoms with Gasteiger partial charge in [0.2, 0.25) is 0 Å². The third kappa shape index (κ3) is 2.50. The van der Waals surface area contributed by atoms with E-state index in [0.29, 0.717) is 40.8 Å². The van der Waals surface area contributed by atoms with E-state index in [9.17, 15) is 9.59 Å². The lowest BCUT2D eigenvalue weighted by Gasteiger charge is -2.13. The average molecular weight is 368 g/mol. The Morgan fingerprint density at radius 2 is 1.61 bits per heavy atom. The van der Waals surface area contributed by atoms with Gasteiger partial charge in [0.15, 0.2) is 5.65 Å². The van der Waals surface area contributed by atoms with Crippen LogP contribution >= 0.6 is 0 Å². The summed E-state index contributed by atoms with van der Waals surface area (Å²) in [5, 5.41) is 7.81. The molecule has 2 aromatic heterocycles. The number of hydrogen-bond donors (Lipinski definition) is 1. The van der Waals surface area contributed by atoms with Crippen LogP contribution in [0.15, 0.2) is 66.9 Å². The van der Waals surface area contributed by atoms with Crippen LogP contribution in [0.5, 0.6) is 0 Å². The highest BCUT2D eigenvalue weighted by Crippen LogP contribution is 2.34. The van der Waals surface area contributed by atoms with Crippen molar-refractivity contribution < 1.29 is 9.59 Å². The Bertz CT molecular complexity index is 1200. The van der Waals surface area contributed by atoms with Gasteiger partial charge in [0.05, 0.1) is 22.2 Å². The highest BCUT2D eigenvalue weighted by Gasteiger charge is 2.38. The second-order valence-electron chi connectivity index (χ2n) is 6.71. The van der Waals surface area contributed by atoms with Gasteiger partial charge in [0.25, 0.3) is 11.8 Å². The summed E-state index contributed by atoms with van der Waals surface area (Å²) in [6.07, 6.45) is 2.07. The summed E-state index contributed by atoms with van der Waals surface area (Å²) in [5.74, 6) is -0.590. The minimum Gasteiger partial charge on any atom is -0.275 e. The van der Waals surface area contributed by atoms with Gasteiger partial charge in [0.1, 0.15) is 0 Å². The van der Waals surface area contributed by atoms with Gasteiger partial charge in [-0.05, 0) is 12.0 Å². The van der Waals surface area contributed by atoms with Gasteiger partial charge in [-0.2, -0.15) is 5.10 Å². The van der Waals surface area contributed by atoms with E-state index < -0.39 is 0 Å². The maximum Gasteiger partial charge on any atom is 0.263 e. The van der Waals surface area contributed by atoms with Gasteiger partial charge < -0.3 is 0 Å². The largest absolute Gasteiger partial charge is 0.275 e. The SMILES string of the molecule is O=C1c2cnc3n[nH]c(-c4ccccc4)c3c2C(=O)N1CCc1ccccc1. The lowest BCUT2D eigenvalue weighted by molar-refractivity contribution is 0.0656. The summed E-state index contributed by atoms with van der Waals surface area (Å²) in [5.41, 5.74) is 3.83. The van der Waals surface area contributed by atoms with Crippen molar-refractivity contribution in [3.05, 3.63) is 83.6 Å². The Labute approximate surface area is 160 Å². The quantitative estimate of drug-likeness (QED) is 0.560. The van der Waals surface area contributed by atoms with Crippen molar-refractivity contribution in [3.8, 4) is 11.3 Å². The standard InChI is InChI=1S/C22H16N4O2/c27-21-16-13-23-20-18(19(24-25-20)15-9-5-2-6-10-15)17(16)22(28)26(21)12-11-14-7-3-1-4-8-14/h1-10,13H,11-12H2,(H,23,24,25). The number of amides is 2. The van der Waals surface area contributed by atoms with E-state index in [4.69, 9.17) is 0 Å². The maximum absolute atomic E-state index is 13.2. The first-order valence-corrected chi connectivity index (χ1v) is 9.06. The van der Waals surface area contributed by atoms with Crippen LogP contribution in [0.25, 0.3) is 22.3 Å². The van der Waals surface area contributed by atoms with Crippen LogP contribution in [0.1, 0.15) is 26.3 Å². The van der Waals surface area contributed by atoms with Crippen molar-refractivity contribution in [1.29, 1.82) is 0 Å². The second-order valence-corrected chi connectivity index (χ2v) is 6.71. The molecule has 2 aromatic carbocycles. The van der Waals surface area contributed by atoms with Crippen LogP contribution < -0.4 is 0 Å². The molecule has 1 aliphatic rings. The molecule has 0 aliphatic carbocycles. The Hall–Kier alpha value is -3.80. The predicted octanol–water partition coefficient (Wildman–Crippen LogP) is 3.46. The zero-order valence-electron chi connectivity index (χ0n) is 14.9. The van der Waals surface area contributed by atoms with E-state index >= 15 is 0 Å². The van der Waals surface area contributed by atoms with Crippen molar-refractivity contribution in [2.24, 2.45) is 0 Å². The first kappa shape index (κ1) is 16.4. The van der Waals surface area contributed by atoms with Crippen LogP contribution in [0, 0.1) is 0 Å². The van der Waals surface area contributed by atoms with Gasteiger partial charge >= 0.3 is 0 Å². The molecule has 0 saturated carbocycles. The molecule has 6 heteroatoms. The molecular formula is C22H16N4O2. The molecule has 6 nitrogen and oxygen atoms in total. The average Bonchev–Trinajstić information content (AvgIpc) is 3.27. The number of fused-ring (bicyclic) bond motifs is 3. The summed E-state index contributed by atoms with van der Waals surface area (Å²) in [4.78, 5) is 31.6. The minimum absolute atomic E-state index is 0.290. The topological polar surface area (TPSA) is 79.0 Å². The fourth-order valence-electron chi connectivity index (χ4n) is 3.65. The number of pyridine rings is 1. The normalized spacial score (nSPS) is 13.4. The number of carbonyl (C=O) groups is 2. The molecule has 136 valence electrons. The minimum atomic E-state index is -0.300. The predicted molar refractivity (Wildman–Crippen MR) is 105 cm³/mol. The van der Waals surface area contributed by atoms with Gasteiger partial charge in [-0.1, -0.05) is 60.7 Å². The number of carbonyl (C=O) groups excluding carboxylic acids is 2. The molecule has 0 spiro atoms. The molecule has 4 aromatic rings. The fourth-order valence-corrected chi connectivity index (χ4v) is 3.65. The van der Waals surface area contributed by atoms with Crippen LogP contribution in [-0.4, -0.2) is 38.4 Å². The molecule has 1 aliphatic heterocycles. The lowest BCUT2D eigenvalue weighted by Crippen LogP contribution is -2.31. The number of benzene rings is 2. The second kappa shape index (κ2) is 6.42. The Morgan fingerprint density at radius 1 is 0.893 bits per heavy atom. The monoisotopic (exact) mass is 368 g/mol. The van der Waals surface area contributed by atoms with Gasteiger partial charge in [0, 0.05) is 18.3 Å². The maximum atomic E-state index is 13.2. The zero-order chi connectivity index (χ0) is 19.1. The number of H-pyrrole nitrogens is 1. The van der Waals surface area contributed by atoms with Crippen LogP contribution in [0.3, 0.4) is 0 Å². The number of nitrogens with one attached hydrogen (secondary N) is 1. The molecule has 0 saturated heterocycles. The van der Waals surface area contributed by atoms with Gasteiger partial charge in [-0.3, -0.25) is 19.6 Å². The number of rotatable bonds is 4. The van der Waals surface area contributed by atoms with Crippen molar-refractivity contribution >= 4 is 22.8 Å². The summed E-state index contributed by atoms with van der Waals surface area (Å²) >= 11 is 0. The Balaban J connectivity index is 1.56. The van der Waals surface area contributed by atoms with Crippen LogP contribution in [0.4, 0.5) is 0 Å². The highest BCUT2D eigenvalue weighted by atomic mass is 16.2. The number of nitrogens with zero attached hydrogens (tertiary/aromatic N) is 3. The van der Waals surface area contributed by atoms with Crippen molar-refractivity contribution in [1.82, 2.24) is 20.1 Å². The Kier molecular flexibility index (Phi) is 3.76. The molecule has 1 N–H and O–H groups in total. The molecule has 3 heterocycles. The van der Waals surface area contributed by atoms with Crippen molar-refractivity contribution in [2.45, 2.75) is 6.42 Å². The summed E-state index contributed by atoms with van der Waals surface area (Å²) in [7, 11) is 0. The molecule has 0 unspecified atom stereocenters. The molecule has 0 fully saturated rings. The molecule has 5 rings (SSSR count). The smallest absolute Gasteiger partial charge is 0.263 e. The highest BCUT2D eigenvalue weighted by molar-refractivity contribution is 6.27. The van der Waals surface area contributed by atoms with Crippen LogP contribution in [0.2, 0.25) is 0 Å². The van der Waals surface area contributed by atoms with E-state index in [0.717, 1.165) is 11.1 Å². The van der Waals surface area contributed by atoms with E-state index in [1.54, 1.807) is 0 Å². The molecule has 0 bridgehead atoms. The summed E-state index contributed by atoms with van der Waals surface area (Å²) in [6, 6.07) is 19.4. The molecular weight excluding hydrogens is 352 g/mol. The first-order valence-electron chi connectivity index (χ1n) is 9.06. The Morgan fingerprint density at radius 3 is 2.36 bits per heavy atom. The van der Waals surface area contributed by atoms with E-state index in [-0.39, 0.29) is 11.8 Å². The first-order chi connectivity index (χ1) is 13.7. The number of aromatic amines is 1. The number of imide groups is 1. The fraction of sp³-hybridized carbons (Fsp3) is 0.0909. The third-order valence-corrected chi connectivity index (χ3v) is 5.05. The van der Waals surface area contributed by atoms with Crippen LogP contribution in [-0.2, 0) is 6.42 Å². The lowest BCUT2D eigenvalue weighted by atomic mass is 10.0. The molecule has 2 amide bonds. The van der Waals surface area contributed by atoms with E-state index in [1.165, 1.54) is 11.1 Å². The summed E-state index contributed by atoms with van der Waals surface area (Å²) < 4.78 is 0. The van der Waals surface area contributed by atoms with Crippen molar-refractivity contribution in [2.75, 3.05) is 6.54 Å². The summed E-state index contributed by atoms with van der Waals surface area (Å²) in [6.45, 7) is 0.330. The van der Waals surface area contributed by atoms with E-state index in [1.807, 2.05) is 60.7 Å². The molecule has 28 heavy (non-hydrogen) atoms.